The van der Waals surface area contributed by atoms with E-state index < -0.39 is 6.09 Å². The quantitative estimate of drug-likeness (QED) is 0.263. The zero-order valence-electron chi connectivity index (χ0n) is 20.3. The van der Waals surface area contributed by atoms with E-state index in [4.69, 9.17) is 9.72 Å². The van der Waals surface area contributed by atoms with Crippen LogP contribution in [0.15, 0.2) is 97.1 Å². The van der Waals surface area contributed by atoms with E-state index in [-0.39, 0.29) is 12.5 Å². The Morgan fingerprint density at radius 2 is 1.44 bits per heavy atom. The maximum absolute atomic E-state index is 13.0. The van der Waals surface area contributed by atoms with Gasteiger partial charge in [-0.05, 0) is 50.5 Å². The second-order valence-electron chi connectivity index (χ2n) is 9.44. The molecule has 0 atom stereocenters. The highest BCUT2D eigenvalue weighted by molar-refractivity contribution is 6.29. The fraction of sp³-hybridized carbons (Fsp3) is 0.125. The molecular formula is C32H26N2O2. The first kappa shape index (κ1) is 22.1. The molecule has 6 aromatic rings. The minimum absolute atomic E-state index is 0.208. The van der Waals surface area contributed by atoms with Gasteiger partial charge in [-0.2, -0.15) is 0 Å². The van der Waals surface area contributed by atoms with Crippen molar-refractivity contribution >= 4 is 55.0 Å². The number of hydrogen-bond donors (Lipinski definition) is 1. The van der Waals surface area contributed by atoms with Crippen molar-refractivity contribution in [3.05, 3.63) is 108 Å². The SMILES string of the molecule is CC(C)c1cc(NC(=O)OCc2ccccc2)c2c(ccc3ccc4ccc5ccccc5c4c32)n1. The predicted molar refractivity (Wildman–Crippen MR) is 149 cm³/mol. The minimum atomic E-state index is -0.483. The molecule has 1 N–H and O–H groups in total. The number of pyridine rings is 1. The minimum Gasteiger partial charge on any atom is -0.444 e. The molecule has 5 aromatic carbocycles. The highest BCUT2D eigenvalue weighted by Crippen LogP contribution is 2.39. The summed E-state index contributed by atoms with van der Waals surface area (Å²) in [6, 6.07) is 32.9. The van der Waals surface area contributed by atoms with Crippen LogP contribution < -0.4 is 5.32 Å². The molecule has 1 aromatic heterocycles. The first-order valence-electron chi connectivity index (χ1n) is 12.2. The van der Waals surface area contributed by atoms with Crippen LogP contribution in [0.1, 0.15) is 31.0 Å². The molecule has 0 saturated heterocycles. The van der Waals surface area contributed by atoms with Crippen molar-refractivity contribution in [1.29, 1.82) is 0 Å². The Balaban J connectivity index is 1.58. The first-order valence-corrected chi connectivity index (χ1v) is 12.2. The molecule has 0 saturated carbocycles. The molecular weight excluding hydrogens is 444 g/mol. The van der Waals surface area contributed by atoms with Crippen LogP contribution in [0.5, 0.6) is 0 Å². The molecule has 4 heteroatoms. The molecule has 0 bridgehead atoms. The Morgan fingerprint density at radius 1 is 0.778 bits per heavy atom. The van der Waals surface area contributed by atoms with E-state index in [1.165, 1.54) is 10.8 Å². The molecule has 0 radical (unpaired) electrons. The highest BCUT2D eigenvalue weighted by atomic mass is 16.5. The summed E-state index contributed by atoms with van der Waals surface area (Å²) in [5, 5.41) is 10.8. The number of carbonyl (C=O) groups excluding carboxylic acids is 1. The lowest BCUT2D eigenvalue weighted by Gasteiger charge is -2.17. The van der Waals surface area contributed by atoms with E-state index in [2.05, 4.69) is 73.8 Å². The molecule has 4 nitrogen and oxygen atoms in total. The normalized spacial score (nSPS) is 11.5. The second kappa shape index (κ2) is 8.97. The van der Waals surface area contributed by atoms with E-state index in [9.17, 15) is 4.79 Å². The number of ether oxygens (including phenoxy) is 1. The first-order chi connectivity index (χ1) is 17.6. The van der Waals surface area contributed by atoms with Gasteiger partial charge >= 0.3 is 6.09 Å². The maximum atomic E-state index is 13.0. The molecule has 1 amide bonds. The van der Waals surface area contributed by atoms with Gasteiger partial charge in [-0.1, -0.05) is 98.8 Å². The van der Waals surface area contributed by atoms with E-state index in [1.807, 2.05) is 42.5 Å². The van der Waals surface area contributed by atoms with E-state index in [0.29, 0.717) is 5.69 Å². The number of nitrogens with zero attached hydrogens (tertiary/aromatic N) is 1. The number of anilines is 1. The average Bonchev–Trinajstić information content (AvgIpc) is 2.91. The molecule has 0 unspecified atom stereocenters. The second-order valence-corrected chi connectivity index (χ2v) is 9.44. The Labute approximate surface area is 209 Å². The van der Waals surface area contributed by atoms with Crippen molar-refractivity contribution in [3.63, 3.8) is 0 Å². The Hall–Kier alpha value is -4.44. The third-order valence-electron chi connectivity index (χ3n) is 6.72. The Kier molecular flexibility index (Phi) is 5.49. The van der Waals surface area contributed by atoms with Gasteiger partial charge in [0.25, 0.3) is 0 Å². The van der Waals surface area contributed by atoms with Crippen molar-refractivity contribution in [2.45, 2.75) is 26.4 Å². The van der Waals surface area contributed by atoms with Crippen molar-refractivity contribution < 1.29 is 9.53 Å². The van der Waals surface area contributed by atoms with E-state index in [0.717, 1.165) is 43.7 Å². The fourth-order valence-electron chi connectivity index (χ4n) is 4.92. The fourth-order valence-corrected chi connectivity index (χ4v) is 4.92. The lowest BCUT2D eigenvalue weighted by atomic mass is 9.93. The largest absolute Gasteiger partial charge is 0.444 e. The summed E-state index contributed by atoms with van der Waals surface area (Å²) in [4.78, 5) is 18.0. The highest BCUT2D eigenvalue weighted by Gasteiger charge is 2.17. The van der Waals surface area contributed by atoms with Gasteiger partial charge in [0.2, 0.25) is 0 Å². The third-order valence-corrected chi connectivity index (χ3v) is 6.72. The standard InChI is InChI=1S/C32H26N2O2/c1-20(2)27-18-28(34-32(35)36-19-21-8-4-3-5-9-21)31-26(33-27)17-16-24-15-14-23-13-12-22-10-6-7-11-25(22)29(23)30(24)31/h3-18,20H,19H2,1-2H3,(H,33,34,35). The molecule has 0 aliphatic heterocycles. The zero-order chi connectivity index (χ0) is 24.6. The molecule has 1 heterocycles. The lowest BCUT2D eigenvalue weighted by Crippen LogP contribution is -2.14. The molecule has 0 fully saturated rings. The molecule has 0 spiro atoms. The molecule has 36 heavy (non-hydrogen) atoms. The van der Waals surface area contributed by atoms with Crippen LogP contribution in [0.25, 0.3) is 43.2 Å². The van der Waals surface area contributed by atoms with Crippen LogP contribution in [-0.4, -0.2) is 11.1 Å². The number of carbonyl (C=O) groups is 1. The van der Waals surface area contributed by atoms with Crippen molar-refractivity contribution in [2.24, 2.45) is 0 Å². The van der Waals surface area contributed by atoms with Gasteiger partial charge < -0.3 is 4.74 Å². The number of benzene rings is 5. The summed E-state index contributed by atoms with van der Waals surface area (Å²) < 4.78 is 5.58. The predicted octanol–water partition coefficient (Wildman–Crippen LogP) is 8.57. The van der Waals surface area contributed by atoms with Crippen LogP contribution in [-0.2, 0) is 11.3 Å². The third kappa shape index (κ3) is 3.91. The van der Waals surface area contributed by atoms with Gasteiger partial charge in [-0.3, -0.25) is 10.3 Å². The van der Waals surface area contributed by atoms with E-state index in [1.54, 1.807) is 0 Å². The number of hydrogen-bond acceptors (Lipinski definition) is 3. The Morgan fingerprint density at radius 3 is 2.22 bits per heavy atom. The summed E-state index contributed by atoms with van der Waals surface area (Å²) in [5.74, 6) is 0.208. The van der Waals surface area contributed by atoms with Gasteiger partial charge in [0.05, 0.1) is 11.2 Å². The van der Waals surface area contributed by atoms with Crippen LogP contribution in [0, 0.1) is 0 Å². The van der Waals surface area contributed by atoms with Crippen LogP contribution in [0.4, 0.5) is 10.5 Å². The summed E-state index contributed by atoms with van der Waals surface area (Å²) in [7, 11) is 0. The van der Waals surface area contributed by atoms with Crippen molar-refractivity contribution in [1.82, 2.24) is 4.98 Å². The van der Waals surface area contributed by atoms with Crippen molar-refractivity contribution in [3.8, 4) is 0 Å². The monoisotopic (exact) mass is 470 g/mol. The van der Waals surface area contributed by atoms with Gasteiger partial charge in [0, 0.05) is 16.5 Å². The smallest absolute Gasteiger partial charge is 0.411 e. The average molecular weight is 471 g/mol. The zero-order valence-corrected chi connectivity index (χ0v) is 20.3. The van der Waals surface area contributed by atoms with Crippen LogP contribution >= 0.6 is 0 Å². The van der Waals surface area contributed by atoms with Crippen LogP contribution in [0.2, 0.25) is 0 Å². The van der Waals surface area contributed by atoms with Crippen molar-refractivity contribution in [2.75, 3.05) is 5.32 Å². The van der Waals surface area contributed by atoms with Crippen LogP contribution in [0.3, 0.4) is 0 Å². The molecule has 176 valence electrons. The summed E-state index contributed by atoms with van der Waals surface area (Å²) in [6.45, 7) is 4.42. The molecule has 0 aliphatic carbocycles. The maximum Gasteiger partial charge on any atom is 0.411 e. The number of aromatic nitrogens is 1. The number of fused-ring (bicyclic) bond motifs is 7. The number of rotatable bonds is 4. The van der Waals surface area contributed by atoms with Gasteiger partial charge in [-0.15, -0.1) is 0 Å². The van der Waals surface area contributed by atoms with Gasteiger partial charge in [0.15, 0.2) is 0 Å². The summed E-state index contributed by atoms with van der Waals surface area (Å²) >= 11 is 0. The molecule has 6 rings (SSSR count). The Bertz CT molecular complexity index is 1750. The lowest BCUT2D eigenvalue weighted by molar-refractivity contribution is 0.155. The van der Waals surface area contributed by atoms with Gasteiger partial charge in [0.1, 0.15) is 6.61 Å². The van der Waals surface area contributed by atoms with Gasteiger partial charge in [-0.25, -0.2) is 4.79 Å². The topological polar surface area (TPSA) is 51.2 Å². The summed E-state index contributed by atoms with van der Waals surface area (Å²) in [5.41, 5.74) is 3.43. The number of amides is 1. The molecule has 0 aliphatic rings. The summed E-state index contributed by atoms with van der Waals surface area (Å²) in [6.07, 6.45) is -0.483. The van der Waals surface area contributed by atoms with E-state index >= 15 is 0 Å². The number of nitrogens with one attached hydrogen (secondary N) is 1.